The summed E-state index contributed by atoms with van der Waals surface area (Å²) in [4.78, 5) is 1.65. The first kappa shape index (κ1) is 16.5. The van der Waals surface area contributed by atoms with E-state index in [4.69, 9.17) is 0 Å². The van der Waals surface area contributed by atoms with Gasteiger partial charge in [-0.05, 0) is 35.9 Å². The lowest BCUT2D eigenvalue weighted by Gasteiger charge is -2.11. The van der Waals surface area contributed by atoms with Crippen molar-refractivity contribution in [2.75, 3.05) is 0 Å². The summed E-state index contributed by atoms with van der Waals surface area (Å²) in [6, 6.07) is 10.4. The Labute approximate surface area is 136 Å². The van der Waals surface area contributed by atoms with E-state index in [2.05, 4.69) is 35.1 Å². The highest BCUT2D eigenvalue weighted by atomic mass is 79.9. The van der Waals surface area contributed by atoms with Crippen molar-refractivity contribution in [2.24, 2.45) is 0 Å². The third-order valence-electron chi connectivity index (χ3n) is 2.85. The highest BCUT2D eigenvalue weighted by Crippen LogP contribution is 2.31. The van der Waals surface area contributed by atoms with E-state index in [0.29, 0.717) is 10.9 Å². The molecule has 0 saturated carbocycles. The highest BCUT2D eigenvalue weighted by Gasteiger charge is 2.06. The van der Waals surface area contributed by atoms with E-state index in [1.165, 1.54) is 23.4 Å². The summed E-state index contributed by atoms with van der Waals surface area (Å²) in [5.41, 5.74) is 1.17. The number of hydrogen-bond donors (Lipinski definition) is 1. The largest absolute Gasteiger partial charge is 0.310 e. The molecule has 2 aromatic carbocycles. The minimum Gasteiger partial charge on any atom is -0.310 e. The lowest BCUT2D eigenvalue weighted by Crippen LogP contribution is -2.21. The van der Waals surface area contributed by atoms with Crippen LogP contribution in [-0.2, 0) is 6.54 Å². The maximum absolute atomic E-state index is 13.2. The molecular weight excluding hydrogens is 356 g/mol. The second kappa shape index (κ2) is 7.38. The van der Waals surface area contributed by atoms with Gasteiger partial charge in [0.15, 0.2) is 11.6 Å². The van der Waals surface area contributed by atoms with Gasteiger partial charge in [0.2, 0.25) is 0 Å². The van der Waals surface area contributed by atoms with Crippen LogP contribution in [-0.4, -0.2) is 6.04 Å². The van der Waals surface area contributed by atoms with Crippen LogP contribution >= 0.6 is 27.7 Å². The molecule has 5 heteroatoms. The minimum atomic E-state index is -0.823. The third kappa shape index (κ3) is 4.80. The molecule has 1 nitrogen and oxygen atoms in total. The standard InChI is InChI=1S/C16H16BrF2NS/c1-10(2)20-9-11-3-4-12(7-14(11)17)21-13-5-6-15(18)16(19)8-13/h3-8,10,20H,9H2,1-2H3. The molecule has 21 heavy (non-hydrogen) atoms. The van der Waals surface area contributed by atoms with Gasteiger partial charge in [0.1, 0.15) is 0 Å². The van der Waals surface area contributed by atoms with Crippen LogP contribution in [0.4, 0.5) is 8.78 Å². The minimum absolute atomic E-state index is 0.424. The normalized spacial score (nSPS) is 11.1. The SMILES string of the molecule is CC(C)NCc1ccc(Sc2ccc(F)c(F)c2)cc1Br. The van der Waals surface area contributed by atoms with Crippen molar-refractivity contribution in [3.05, 3.63) is 58.1 Å². The fourth-order valence-electron chi connectivity index (χ4n) is 1.73. The lowest BCUT2D eigenvalue weighted by atomic mass is 10.2. The van der Waals surface area contributed by atoms with E-state index in [-0.39, 0.29) is 0 Å². The van der Waals surface area contributed by atoms with Crippen molar-refractivity contribution in [2.45, 2.75) is 36.2 Å². The van der Waals surface area contributed by atoms with Crippen molar-refractivity contribution in [1.82, 2.24) is 5.32 Å². The molecule has 0 radical (unpaired) electrons. The molecule has 0 aliphatic heterocycles. The molecule has 0 amide bonds. The molecule has 0 aromatic heterocycles. The van der Waals surface area contributed by atoms with Gasteiger partial charge in [0.05, 0.1) is 0 Å². The van der Waals surface area contributed by atoms with Gasteiger partial charge < -0.3 is 5.32 Å². The second-order valence-corrected chi connectivity index (χ2v) is 6.97. The Morgan fingerprint density at radius 2 is 1.71 bits per heavy atom. The molecule has 0 saturated heterocycles. The van der Waals surface area contributed by atoms with Crippen LogP contribution in [0.15, 0.2) is 50.7 Å². The summed E-state index contributed by atoms with van der Waals surface area (Å²) >= 11 is 4.95. The molecule has 0 heterocycles. The Kier molecular flexibility index (Phi) is 5.79. The molecule has 0 spiro atoms. The number of benzene rings is 2. The zero-order chi connectivity index (χ0) is 15.4. The van der Waals surface area contributed by atoms with Crippen LogP contribution in [0.2, 0.25) is 0 Å². The van der Waals surface area contributed by atoms with Crippen LogP contribution < -0.4 is 5.32 Å². The van der Waals surface area contributed by atoms with Crippen LogP contribution in [0.5, 0.6) is 0 Å². The quantitative estimate of drug-likeness (QED) is 0.757. The zero-order valence-corrected chi connectivity index (χ0v) is 14.2. The van der Waals surface area contributed by atoms with Crippen molar-refractivity contribution in [3.63, 3.8) is 0 Å². The van der Waals surface area contributed by atoms with E-state index in [0.717, 1.165) is 22.0 Å². The first-order chi connectivity index (χ1) is 9.95. The molecule has 112 valence electrons. The Bertz CT molecular complexity index is 632. The average Bonchev–Trinajstić information content (AvgIpc) is 2.42. The summed E-state index contributed by atoms with van der Waals surface area (Å²) in [5.74, 6) is -1.65. The smallest absolute Gasteiger partial charge is 0.159 e. The summed E-state index contributed by atoms with van der Waals surface area (Å²) < 4.78 is 27.1. The van der Waals surface area contributed by atoms with Gasteiger partial charge in [0.25, 0.3) is 0 Å². The second-order valence-electron chi connectivity index (χ2n) is 4.97. The molecule has 0 aliphatic carbocycles. The van der Waals surface area contributed by atoms with Crippen LogP contribution in [0.1, 0.15) is 19.4 Å². The van der Waals surface area contributed by atoms with E-state index >= 15 is 0 Å². The van der Waals surface area contributed by atoms with Gasteiger partial charge in [-0.3, -0.25) is 0 Å². The number of rotatable bonds is 5. The van der Waals surface area contributed by atoms with Gasteiger partial charge in [-0.25, -0.2) is 8.78 Å². The zero-order valence-electron chi connectivity index (χ0n) is 11.8. The van der Waals surface area contributed by atoms with Crippen LogP contribution in [0, 0.1) is 11.6 Å². The molecule has 0 atom stereocenters. The van der Waals surface area contributed by atoms with Gasteiger partial charge in [0, 0.05) is 26.9 Å². The van der Waals surface area contributed by atoms with Crippen molar-refractivity contribution < 1.29 is 8.78 Å². The maximum atomic E-state index is 13.2. The Balaban J connectivity index is 2.10. The Morgan fingerprint density at radius 3 is 2.33 bits per heavy atom. The van der Waals surface area contributed by atoms with E-state index in [9.17, 15) is 8.78 Å². The van der Waals surface area contributed by atoms with Crippen molar-refractivity contribution in [1.29, 1.82) is 0 Å². The summed E-state index contributed by atoms with van der Waals surface area (Å²) in [6.45, 7) is 4.98. The molecule has 0 aliphatic rings. The monoisotopic (exact) mass is 371 g/mol. The van der Waals surface area contributed by atoms with Gasteiger partial charge in [-0.2, -0.15) is 0 Å². The predicted molar refractivity (Wildman–Crippen MR) is 86.6 cm³/mol. The number of hydrogen-bond acceptors (Lipinski definition) is 2. The fraction of sp³-hybridized carbons (Fsp3) is 0.250. The molecular formula is C16H16BrF2NS. The number of nitrogens with one attached hydrogen (secondary N) is 1. The maximum Gasteiger partial charge on any atom is 0.159 e. The molecule has 2 rings (SSSR count). The topological polar surface area (TPSA) is 12.0 Å². The summed E-state index contributed by atoms with van der Waals surface area (Å²) in [5, 5.41) is 3.36. The van der Waals surface area contributed by atoms with Crippen LogP contribution in [0.3, 0.4) is 0 Å². The van der Waals surface area contributed by atoms with Crippen molar-refractivity contribution in [3.8, 4) is 0 Å². The van der Waals surface area contributed by atoms with Gasteiger partial charge >= 0.3 is 0 Å². The number of halogens is 3. The molecule has 0 fully saturated rings. The molecule has 1 N–H and O–H groups in total. The molecule has 0 bridgehead atoms. The van der Waals surface area contributed by atoms with Gasteiger partial charge in [-0.15, -0.1) is 0 Å². The Hall–Kier alpha value is -0.910. The average molecular weight is 372 g/mol. The first-order valence-electron chi connectivity index (χ1n) is 6.60. The summed E-state index contributed by atoms with van der Waals surface area (Å²) in [7, 11) is 0. The lowest BCUT2D eigenvalue weighted by molar-refractivity contribution is 0.506. The fourth-order valence-corrected chi connectivity index (χ4v) is 3.28. The molecule has 2 aromatic rings. The van der Waals surface area contributed by atoms with Gasteiger partial charge in [-0.1, -0.05) is 47.6 Å². The molecule has 0 unspecified atom stereocenters. The Morgan fingerprint density at radius 1 is 1.05 bits per heavy atom. The third-order valence-corrected chi connectivity index (χ3v) is 4.57. The van der Waals surface area contributed by atoms with E-state index < -0.39 is 11.6 Å². The van der Waals surface area contributed by atoms with Crippen molar-refractivity contribution >= 4 is 27.7 Å². The van der Waals surface area contributed by atoms with Crippen LogP contribution in [0.25, 0.3) is 0 Å². The predicted octanol–water partition coefficient (Wildman–Crippen LogP) is 5.38. The first-order valence-corrected chi connectivity index (χ1v) is 8.21. The highest BCUT2D eigenvalue weighted by molar-refractivity contribution is 9.10. The summed E-state index contributed by atoms with van der Waals surface area (Å²) in [6.07, 6.45) is 0. The van der Waals surface area contributed by atoms with E-state index in [1.54, 1.807) is 6.07 Å². The van der Waals surface area contributed by atoms with E-state index in [1.807, 2.05) is 18.2 Å².